The Labute approximate surface area is 96.3 Å². The molecule has 1 amide bonds. The Morgan fingerprint density at radius 1 is 1.60 bits per heavy atom. The van der Waals surface area contributed by atoms with Crippen molar-refractivity contribution in [1.29, 1.82) is 0 Å². The number of carbonyl (C=O) groups excluding carboxylic acids is 1. The molecule has 1 rings (SSSR count). The SMILES string of the molecule is CC(C)CCSC1CCC(N)(C(N)=O)C1. The number of amides is 1. The molecule has 1 fully saturated rings. The van der Waals surface area contributed by atoms with Gasteiger partial charge in [-0.25, -0.2) is 0 Å². The predicted octanol–water partition coefficient (Wildman–Crippen LogP) is 1.50. The van der Waals surface area contributed by atoms with E-state index in [-0.39, 0.29) is 5.91 Å². The molecule has 15 heavy (non-hydrogen) atoms. The number of carbonyl (C=O) groups is 1. The highest BCUT2D eigenvalue weighted by atomic mass is 32.2. The molecule has 88 valence electrons. The monoisotopic (exact) mass is 230 g/mol. The summed E-state index contributed by atoms with van der Waals surface area (Å²) >= 11 is 1.94. The van der Waals surface area contributed by atoms with Crippen LogP contribution in [0.2, 0.25) is 0 Å². The van der Waals surface area contributed by atoms with Crippen LogP contribution < -0.4 is 11.5 Å². The highest BCUT2D eigenvalue weighted by Gasteiger charge is 2.40. The van der Waals surface area contributed by atoms with Gasteiger partial charge in [-0.15, -0.1) is 0 Å². The quantitative estimate of drug-likeness (QED) is 0.752. The molecule has 0 bridgehead atoms. The Morgan fingerprint density at radius 2 is 2.27 bits per heavy atom. The molecular formula is C11H22N2OS. The first-order valence-electron chi connectivity index (χ1n) is 5.64. The van der Waals surface area contributed by atoms with Crippen molar-refractivity contribution in [3.05, 3.63) is 0 Å². The van der Waals surface area contributed by atoms with Gasteiger partial charge in [0.05, 0.1) is 5.54 Å². The number of nitrogens with two attached hydrogens (primary N) is 2. The maximum absolute atomic E-state index is 11.1. The maximum Gasteiger partial charge on any atom is 0.237 e. The smallest absolute Gasteiger partial charge is 0.237 e. The van der Waals surface area contributed by atoms with Gasteiger partial charge in [0.2, 0.25) is 5.91 Å². The van der Waals surface area contributed by atoms with E-state index < -0.39 is 5.54 Å². The fourth-order valence-electron chi connectivity index (χ4n) is 1.87. The Morgan fingerprint density at radius 3 is 2.73 bits per heavy atom. The second kappa shape index (κ2) is 5.21. The third-order valence-electron chi connectivity index (χ3n) is 3.04. The molecule has 1 saturated carbocycles. The van der Waals surface area contributed by atoms with Crippen LogP contribution in [0.3, 0.4) is 0 Å². The van der Waals surface area contributed by atoms with E-state index in [4.69, 9.17) is 11.5 Å². The van der Waals surface area contributed by atoms with E-state index in [2.05, 4.69) is 13.8 Å². The molecule has 0 aromatic heterocycles. The first kappa shape index (κ1) is 12.8. The molecule has 0 radical (unpaired) electrons. The molecule has 1 aliphatic carbocycles. The molecule has 2 unspecified atom stereocenters. The average Bonchev–Trinajstić information content (AvgIpc) is 2.48. The Bertz CT molecular complexity index is 233. The summed E-state index contributed by atoms with van der Waals surface area (Å²) < 4.78 is 0. The van der Waals surface area contributed by atoms with Gasteiger partial charge in [0, 0.05) is 5.25 Å². The van der Waals surface area contributed by atoms with Gasteiger partial charge in [0.15, 0.2) is 0 Å². The van der Waals surface area contributed by atoms with E-state index in [1.54, 1.807) is 0 Å². The van der Waals surface area contributed by atoms with E-state index in [9.17, 15) is 4.79 Å². The molecule has 4 N–H and O–H groups in total. The second-order valence-electron chi connectivity index (χ2n) is 4.94. The molecule has 0 heterocycles. The summed E-state index contributed by atoms with van der Waals surface area (Å²) in [6.07, 6.45) is 3.77. The Kier molecular flexibility index (Phi) is 4.46. The van der Waals surface area contributed by atoms with E-state index in [0.29, 0.717) is 5.25 Å². The third-order valence-corrected chi connectivity index (χ3v) is 4.39. The van der Waals surface area contributed by atoms with Crippen LogP contribution in [0.1, 0.15) is 39.5 Å². The zero-order valence-corrected chi connectivity index (χ0v) is 10.5. The lowest BCUT2D eigenvalue weighted by Crippen LogP contribution is -2.50. The first-order valence-corrected chi connectivity index (χ1v) is 6.69. The van der Waals surface area contributed by atoms with Crippen LogP contribution in [-0.2, 0) is 4.79 Å². The zero-order valence-electron chi connectivity index (χ0n) is 9.66. The third kappa shape index (κ3) is 3.68. The number of rotatable bonds is 5. The van der Waals surface area contributed by atoms with Gasteiger partial charge in [-0.2, -0.15) is 11.8 Å². The van der Waals surface area contributed by atoms with E-state index in [1.165, 1.54) is 6.42 Å². The molecular weight excluding hydrogens is 208 g/mol. The molecule has 0 aliphatic heterocycles. The number of primary amides is 1. The zero-order chi connectivity index (χ0) is 11.5. The minimum absolute atomic E-state index is 0.338. The van der Waals surface area contributed by atoms with Crippen molar-refractivity contribution in [3.8, 4) is 0 Å². The molecule has 0 aromatic carbocycles. The molecule has 3 nitrogen and oxygen atoms in total. The molecule has 1 aliphatic rings. The van der Waals surface area contributed by atoms with Crippen molar-refractivity contribution in [2.45, 2.75) is 50.3 Å². The van der Waals surface area contributed by atoms with Crippen molar-refractivity contribution < 1.29 is 4.79 Å². The highest BCUT2D eigenvalue weighted by Crippen LogP contribution is 2.35. The fourth-order valence-corrected chi connectivity index (χ4v) is 3.51. The molecule has 0 saturated heterocycles. The van der Waals surface area contributed by atoms with Gasteiger partial charge in [-0.3, -0.25) is 4.79 Å². The summed E-state index contributed by atoms with van der Waals surface area (Å²) in [5.41, 5.74) is 10.5. The van der Waals surface area contributed by atoms with Crippen molar-refractivity contribution in [1.82, 2.24) is 0 Å². The topological polar surface area (TPSA) is 69.1 Å². The summed E-state index contributed by atoms with van der Waals surface area (Å²) in [5.74, 6) is 1.57. The van der Waals surface area contributed by atoms with E-state index >= 15 is 0 Å². The normalized spacial score (nSPS) is 31.1. The van der Waals surface area contributed by atoms with Crippen LogP contribution in [0.25, 0.3) is 0 Å². The Hall–Kier alpha value is -0.220. The molecule has 4 heteroatoms. The van der Waals surface area contributed by atoms with Crippen molar-refractivity contribution in [2.75, 3.05) is 5.75 Å². The van der Waals surface area contributed by atoms with Gasteiger partial charge in [0.25, 0.3) is 0 Å². The van der Waals surface area contributed by atoms with Crippen LogP contribution >= 0.6 is 11.8 Å². The number of hydrogen-bond acceptors (Lipinski definition) is 3. The Balaban J connectivity index is 2.28. The minimum atomic E-state index is -0.727. The summed E-state index contributed by atoms with van der Waals surface area (Å²) in [5, 5.41) is 0.529. The molecule has 0 spiro atoms. The first-order chi connectivity index (χ1) is 6.94. The van der Waals surface area contributed by atoms with Crippen LogP contribution in [-0.4, -0.2) is 22.4 Å². The van der Waals surface area contributed by atoms with Crippen LogP contribution in [0, 0.1) is 5.92 Å². The number of thioether (sulfide) groups is 1. The van der Waals surface area contributed by atoms with Crippen molar-refractivity contribution >= 4 is 17.7 Å². The van der Waals surface area contributed by atoms with E-state index in [1.807, 2.05) is 11.8 Å². The van der Waals surface area contributed by atoms with Crippen LogP contribution in [0.5, 0.6) is 0 Å². The van der Waals surface area contributed by atoms with Crippen molar-refractivity contribution in [3.63, 3.8) is 0 Å². The molecule has 0 aromatic rings. The predicted molar refractivity (Wildman–Crippen MR) is 65.7 cm³/mol. The minimum Gasteiger partial charge on any atom is -0.368 e. The van der Waals surface area contributed by atoms with Gasteiger partial charge < -0.3 is 11.5 Å². The summed E-state index contributed by atoms with van der Waals surface area (Å²) in [6, 6.07) is 0. The maximum atomic E-state index is 11.1. The second-order valence-corrected chi connectivity index (χ2v) is 6.35. The van der Waals surface area contributed by atoms with Gasteiger partial charge in [0.1, 0.15) is 0 Å². The fraction of sp³-hybridized carbons (Fsp3) is 0.909. The van der Waals surface area contributed by atoms with Gasteiger partial charge >= 0.3 is 0 Å². The molecule has 2 atom stereocenters. The summed E-state index contributed by atoms with van der Waals surface area (Å²) in [6.45, 7) is 4.46. The average molecular weight is 230 g/mol. The van der Waals surface area contributed by atoms with Crippen LogP contribution in [0.4, 0.5) is 0 Å². The standard InChI is InChI=1S/C11H22N2OS/c1-8(2)4-6-15-9-3-5-11(13,7-9)10(12)14/h8-9H,3-7,13H2,1-2H3,(H2,12,14). The lowest BCUT2D eigenvalue weighted by molar-refractivity contribution is -0.122. The van der Waals surface area contributed by atoms with Gasteiger partial charge in [-0.1, -0.05) is 13.8 Å². The van der Waals surface area contributed by atoms with Gasteiger partial charge in [-0.05, 0) is 37.4 Å². The summed E-state index contributed by atoms with van der Waals surface area (Å²) in [4.78, 5) is 11.1. The van der Waals surface area contributed by atoms with Crippen LogP contribution in [0.15, 0.2) is 0 Å². The lowest BCUT2D eigenvalue weighted by atomic mass is 9.99. The van der Waals surface area contributed by atoms with E-state index in [0.717, 1.165) is 30.9 Å². The largest absolute Gasteiger partial charge is 0.368 e. The summed E-state index contributed by atoms with van der Waals surface area (Å²) in [7, 11) is 0. The lowest BCUT2D eigenvalue weighted by Gasteiger charge is -2.19. The number of hydrogen-bond donors (Lipinski definition) is 2. The highest BCUT2D eigenvalue weighted by molar-refractivity contribution is 7.99. The van der Waals surface area contributed by atoms with Crippen molar-refractivity contribution in [2.24, 2.45) is 17.4 Å².